The zero-order valence-electron chi connectivity index (χ0n) is 13.4. The number of ether oxygens (including phenoxy) is 1. The Labute approximate surface area is 137 Å². The first-order valence-electron chi connectivity index (χ1n) is 7.92. The lowest BCUT2D eigenvalue weighted by atomic mass is 10.1. The fraction of sp³-hybridized carbons (Fsp3) is 0.200. The molecule has 0 fully saturated rings. The second-order valence-electron chi connectivity index (χ2n) is 5.49. The minimum Gasteiger partial charge on any atom is -0.497 e. The lowest BCUT2D eigenvalue weighted by Gasteiger charge is -2.11. The van der Waals surface area contributed by atoms with Crippen LogP contribution in [0.15, 0.2) is 73.1 Å². The second kappa shape index (κ2) is 7.65. The number of nitrogens with one attached hydrogen (secondary N) is 1. The van der Waals surface area contributed by atoms with E-state index in [0.29, 0.717) is 0 Å². The Morgan fingerprint density at radius 2 is 1.65 bits per heavy atom. The van der Waals surface area contributed by atoms with Crippen LogP contribution in [0.5, 0.6) is 5.75 Å². The molecule has 0 aliphatic carbocycles. The summed E-state index contributed by atoms with van der Waals surface area (Å²) in [6.07, 6.45) is 5.17. The standard InChI is InChI=1S/C20H22N2O/c1-23-19-10-8-17(9-11-19)12-13-21-16-18-6-2-3-7-20(18)22-14-4-5-15-22/h2-11,14-15,21H,12-13,16H2,1H3. The first-order valence-corrected chi connectivity index (χ1v) is 7.92. The fourth-order valence-corrected chi connectivity index (χ4v) is 2.66. The molecule has 0 unspecified atom stereocenters. The lowest BCUT2D eigenvalue weighted by molar-refractivity contribution is 0.414. The summed E-state index contributed by atoms with van der Waals surface area (Å²) < 4.78 is 7.34. The van der Waals surface area contributed by atoms with Gasteiger partial charge in [0.1, 0.15) is 5.75 Å². The van der Waals surface area contributed by atoms with Gasteiger partial charge < -0.3 is 14.6 Å². The third kappa shape index (κ3) is 4.02. The molecule has 23 heavy (non-hydrogen) atoms. The van der Waals surface area contributed by atoms with Gasteiger partial charge in [0.25, 0.3) is 0 Å². The maximum atomic E-state index is 5.18. The van der Waals surface area contributed by atoms with E-state index in [-0.39, 0.29) is 0 Å². The van der Waals surface area contributed by atoms with Crippen LogP contribution in [0.4, 0.5) is 0 Å². The number of hydrogen-bond acceptors (Lipinski definition) is 2. The molecule has 0 aliphatic heterocycles. The second-order valence-corrected chi connectivity index (χ2v) is 5.49. The molecule has 0 amide bonds. The highest BCUT2D eigenvalue weighted by atomic mass is 16.5. The summed E-state index contributed by atoms with van der Waals surface area (Å²) in [5.74, 6) is 0.905. The number of aromatic nitrogens is 1. The molecule has 0 saturated heterocycles. The molecule has 0 aliphatic rings. The quantitative estimate of drug-likeness (QED) is 0.672. The van der Waals surface area contributed by atoms with Gasteiger partial charge in [-0.1, -0.05) is 30.3 Å². The van der Waals surface area contributed by atoms with Crippen molar-refractivity contribution in [2.45, 2.75) is 13.0 Å². The smallest absolute Gasteiger partial charge is 0.118 e. The van der Waals surface area contributed by atoms with Crippen molar-refractivity contribution in [2.75, 3.05) is 13.7 Å². The molecule has 118 valence electrons. The Hall–Kier alpha value is -2.52. The van der Waals surface area contributed by atoms with Gasteiger partial charge in [-0.15, -0.1) is 0 Å². The summed E-state index contributed by atoms with van der Waals surface area (Å²) in [7, 11) is 1.69. The van der Waals surface area contributed by atoms with E-state index in [0.717, 1.165) is 25.3 Å². The van der Waals surface area contributed by atoms with Crippen molar-refractivity contribution in [3.63, 3.8) is 0 Å². The molecule has 3 aromatic rings. The van der Waals surface area contributed by atoms with E-state index in [1.54, 1.807) is 7.11 Å². The van der Waals surface area contributed by atoms with Crippen LogP contribution >= 0.6 is 0 Å². The molecule has 3 nitrogen and oxygen atoms in total. The summed E-state index contributed by atoms with van der Waals surface area (Å²) in [6, 6.07) is 20.9. The first kappa shape index (κ1) is 15.4. The Bertz CT molecular complexity index is 718. The molecule has 0 spiro atoms. The van der Waals surface area contributed by atoms with Gasteiger partial charge in [0.05, 0.1) is 7.11 Å². The fourth-order valence-electron chi connectivity index (χ4n) is 2.66. The van der Waals surface area contributed by atoms with E-state index < -0.39 is 0 Å². The highest BCUT2D eigenvalue weighted by Gasteiger charge is 2.02. The van der Waals surface area contributed by atoms with Gasteiger partial charge in [-0.25, -0.2) is 0 Å². The molecule has 3 heteroatoms. The van der Waals surface area contributed by atoms with Gasteiger partial charge in [-0.3, -0.25) is 0 Å². The van der Waals surface area contributed by atoms with Crippen LogP contribution in [0.1, 0.15) is 11.1 Å². The zero-order chi connectivity index (χ0) is 15.9. The van der Waals surface area contributed by atoms with Crippen LogP contribution in [-0.2, 0) is 13.0 Å². The van der Waals surface area contributed by atoms with Gasteiger partial charge >= 0.3 is 0 Å². The summed E-state index contributed by atoms with van der Waals surface area (Å²) in [5, 5.41) is 3.54. The number of benzene rings is 2. The van der Waals surface area contributed by atoms with Crippen molar-refractivity contribution >= 4 is 0 Å². The van der Waals surface area contributed by atoms with Crippen LogP contribution in [-0.4, -0.2) is 18.2 Å². The zero-order valence-corrected chi connectivity index (χ0v) is 13.4. The maximum Gasteiger partial charge on any atom is 0.118 e. The maximum absolute atomic E-state index is 5.18. The average Bonchev–Trinajstić information content (AvgIpc) is 3.14. The summed E-state index contributed by atoms with van der Waals surface area (Å²) in [6.45, 7) is 1.82. The predicted molar refractivity (Wildman–Crippen MR) is 94.2 cm³/mol. The third-order valence-electron chi connectivity index (χ3n) is 3.94. The first-order chi connectivity index (χ1) is 11.4. The predicted octanol–water partition coefficient (Wildman–Crippen LogP) is 3.82. The molecule has 1 aromatic heterocycles. The SMILES string of the molecule is COc1ccc(CCNCc2ccccc2-n2cccc2)cc1. The minimum atomic E-state index is 0.866. The minimum absolute atomic E-state index is 0.866. The molecule has 0 atom stereocenters. The molecule has 3 rings (SSSR count). The van der Waals surface area contributed by atoms with E-state index in [1.165, 1.54) is 16.8 Å². The van der Waals surface area contributed by atoms with E-state index in [4.69, 9.17) is 4.74 Å². The van der Waals surface area contributed by atoms with Crippen LogP contribution in [0, 0.1) is 0 Å². The Morgan fingerprint density at radius 3 is 2.39 bits per heavy atom. The van der Waals surface area contributed by atoms with Crippen LogP contribution < -0.4 is 10.1 Å². The normalized spacial score (nSPS) is 10.7. The number of nitrogens with zero attached hydrogens (tertiary/aromatic N) is 1. The van der Waals surface area contributed by atoms with E-state index in [2.05, 4.69) is 58.7 Å². The van der Waals surface area contributed by atoms with Crippen LogP contribution in [0.2, 0.25) is 0 Å². The molecule has 1 heterocycles. The Kier molecular flexibility index (Phi) is 5.12. The van der Waals surface area contributed by atoms with Crippen molar-refractivity contribution in [1.82, 2.24) is 9.88 Å². The van der Waals surface area contributed by atoms with E-state index >= 15 is 0 Å². The van der Waals surface area contributed by atoms with Crippen molar-refractivity contribution < 1.29 is 4.74 Å². The number of hydrogen-bond donors (Lipinski definition) is 1. The van der Waals surface area contributed by atoms with Crippen molar-refractivity contribution in [3.05, 3.63) is 84.2 Å². The molecular formula is C20H22N2O. The summed E-state index contributed by atoms with van der Waals surface area (Å²) in [4.78, 5) is 0. The van der Waals surface area contributed by atoms with Gasteiger partial charge in [0, 0.05) is 24.6 Å². The van der Waals surface area contributed by atoms with Crippen LogP contribution in [0.25, 0.3) is 5.69 Å². The lowest BCUT2D eigenvalue weighted by Crippen LogP contribution is -2.17. The molecular weight excluding hydrogens is 284 g/mol. The highest BCUT2D eigenvalue weighted by molar-refractivity contribution is 5.41. The van der Waals surface area contributed by atoms with Crippen molar-refractivity contribution in [2.24, 2.45) is 0 Å². The van der Waals surface area contributed by atoms with Gasteiger partial charge in [-0.2, -0.15) is 0 Å². The molecule has 1 N–H and O–H groups in total. The molecule has 2 aromatic carbocycles. The monoisotopic (exact) mass is 306 g/mol. The van der Waals surface area contributed by atoms with Crippen molar-refractivity contribution in [1.29, 1.82) is 0 Å². The summed E-state index contributed by atoms with van der Waals surface area (Å²) in [5.41, 5.74) is 3.85. The Balaban J connectivity index is 1.55. The number of rotatable bonds is 7. The largest absolute Gasteiger partial charge is 0.497 e. The van der Waals surface area contributed by atoms with Gasteiger partial charge in [-0.05, 0) is 54.4 Å². The van der Waals surface area contributed by atoms with E-state index in [1.807, 2.05) is 24.3 Å². The van der Waals surface area contributed by atoms with Crippen LogP contribution in [0.3, 0.4) is 0 Å². The van der Waals surface area contributed by atoms with E-state index in [9.17, 15) is 0 Å². The molecule has 0 saturated carbocycles. The van der Waals surface area contributed by atoms with Gasteiger partial charge in [0.15, 0.2) is 0 Å². The number of methoxy groups -OCH3 is 1. The molecule has 0 radical (unpaired) electrons. The van der Waals surface area contributed by atoms with Crippen molar-refractivity contribution in [3.8, 4) is 11.4 Å². The highest BCUT2D eigenvalue weighted by Crippen LogP contribution is 2.15. The summed E-state index contributed by atoms with van der Waals surface area (Å²) >= 11 is 0. The molecule has 0 bridgehead atoms. The third-order valence-corrected chi connectivity index (χ3v) is 3.94. The average molecular weight is 306 g/mol. The van der Waals surface area contributed by atoms with Gasteiger partial charge in [0.2, 0.25) is 0 Å². The topological polar surface area (TPSA) is 26.2 Å². The number of para-hydroxylation sites is 1. The Morgan fingerprint density at radius 1 is 0.913 bits per heavy atom.